The van der Waals surface area contributed by atoms with Gasteiger partial charge >= 0.3 is 0 Å². The number of rotatable bonds is 9. The molecule has 0 radical (unpaired) electrons. The van der Waals surface area contributed by atoms with Crippen molar-refractivity contribution in [3.8, 4) is 0 Å². The van der Waals surface area contributed by atoms with Crippen molar-refractivity contribution in [2.75, 3.05) is 39.9 Å². The molecule has 0 aliphatic carbocycles. The van der Waals surface area contributed by atoms with Gasteiger partial charge in [0.2, 0.25) is 0 Å². The fraction of sp³-hybridized carbons (Fsp3) is 0.667. The van der Waals surface area contributed by atoms with Crippen LogP contribution >= 0.6 is 0 Å². The first kappa shape index (κ1) is 20.7. The number of nitrogens with zero attached hydrogens (tertiary/aromatic N) is 2. The molecular formula is C21H36N4O. The minimum atomic E-state index is 0.702. The molecular weight excluding hydrogens is 324 g/mol. The van der Waals surface area contributed by atoms with E-state index in [1.54, 1.807) is 7.11 Å². The molecule has 1 aromatic rings. The fourth-order valence-electron chi connectivity index (χ4n) is 3.31. The van der Waals surface area contributed by atoms with Gasteiger partial charge in [0.15, 0.2) is 5.96 Å². The molecule has 1 heterocycles. The van der Waals surface area contributed by atoms with Crippen molar-refractivity contribution in [2.45, 2.75) is 52.1 Å². The van der Waals surface area contributed by atoms with Crippen LogP contribution in [0.25, 0.3) is 0 Å². The van der Waals surface area contributed by atoms with Crippen molar-refractivity contribution in [3.05, 3.63) is 35.4 Å². The Morgan fingerprint density at radius 3 is 2.62 bits per heavy atom. The molecule has 1 aromatic carbocycles. The largest absolute Gasteiger partial charge is 0.385 e. The highest BCUT2D eigenvalue weighted by atomic mass is 16.5. The van der Waals surface area contributed by atoms with Gasteiger partial charge in [-0.1, -0.05) is 37.1 Å². The van der Waals surface area contributed by atoms with E-state index in [1.807, 2.05) is 0 Å². The van der Waals surface area contributed by atoms with E-state index < -0.39 is 0 Å². The summed E-state index contributed by atoms with van der Waals surface area (Å²) in [4.78, 5) is 7.32. The Balaban J connectivity index is 1.88. The Hall–Kier alpha value is -1.59. The fourth-order valence-corrected chi connectivity index (χ4v) is 3.31. The molecule has 2 rings (SSSR count). The Kier molecular flexibility index (Phi) is 10.1. The second kappa shape index (κ2) is 12.7. The normalized spacial score (nSPS) is 16.3. The monoisotopic (exact) mass is 360 g/mol. The van der Waals surface area contributed by atoms with Crippen molar-refractivity contribution in [2.24, 2.45) is 4.99 Å². The molecule has 5 nitrogen and oxygen atoms in total. The van der Waals surface area contributed by atoms with Gasteiger partial charge in [0, 0.05) is 33.4 Å². The molecule has 1 saturated heterocycles. The average Bonchev–Trinajstić information content (AvgIpc) is 2.92. The molecule has 0 unspecified atom stereocenters. The lowest BCUT2D eigenvalue weighted by atomic mass is 10.1. The molecule has 1 aliphatic heterocycles. The quantitative estimate of drug-likeness (QED) is 0.403. The van der Waals surface area contributed by atoms with Gasteiger partial charge in [0.05, 0.1) is 6.54 Å². The zero-order valence-electron chi connectivity index (χ0n) is 16.6. The van der Waals surface area contributed by atoms with Crippen LogP contribution in [-0.4, -0.2) is 50.8 Å². The molecule has 5 heteroatoms. The number of benzene rings is 1. The van der Waals surface area contributed by atoms with E-state index in [0.29, 0.717) is 6.54 Å². The summed E-state index contributed by atoms with van der Waals surface area (Å²) in [6.45, 7) is 8.83. The summed E-state index contributed by atoms with van der Waals surface area (Å²) in [6, 6.07) is 8.88. The molecule has 1 fully saturated rings. The van der Waals surface area contributed by atoms with Crippen molar-refractivity contribution < 1.29 is 4.74 Å². The van der Waals surface area contributed by atoms with Crippen LogP contribution in [0.2, 0.25) is 0 Å². The SMILES string of the molecule is CCNC(=NCc1cccc(CN2CCCCCC2)c1)NCCCOC. The summed E-state index contributed by atoms with van der Waals surface area (Å²) in [5.74, 6) is 0.876. The maximum atomic E-state index is 5.09. The highest BCUT2D eigenvalue weighted by molar-refractivity contribution is 5.79. The van der Waals surface area contributed by atoms with Crippen molar-refractivity contribution >= 4 is 5.96 Å². The zero-order chi connectivity index (χ0) is 18.5. The van der Waals surface area contributed by atoms with E-state index >= 15 is 0 Å². The predicted molar refractivity (Wildman–Crippen MR) is 109 cm³/mol. The van der Waals surface area contributed by atoms with Crippen LogP contribution in [0, 0.1) is 0 Å². The number of methoxy groups -OCH3 is 1. The van der Waals surface area contributed by atoms with Crippen molar-refractivity contribution in [1.82, 2.24) is 15.5 Å². The zero-order valence-corrected chi connectivity index (χ0v) is 16.6. The molecule has 0 saturated carbocycles. The summed E-state index contributed by atoms with van der Waals surface area (Å²) >= 11 is 0. The van der Waals surface area contributed by atoms with E-state index in [9.17, 15) is 0 Å². The smallest absolute Gasteiger partial charge is 0.191 e. The van der Waals surface area contributed by atoms with Gasteiger partial charge in [-0.2, -0.15) is 0 Å². The number of likely N-dealkylation sites (tertiary alicyclic amines) is 1. The first-order chi connectivity index (χ1) is 12.8. The van der Waals surface area contributed by atoms with Gasteiger partial charge in [-0.3, -0.25) is 4.90 Å². The lowest BCUT2D eigenvalue weighted by molar-refractivity contribution is 0.195. The Bertz CT molecular complexity index is 524. The topological polar surface area (TPSA) is 48.9 Å². The highest BCUT2D eigenvalue weighted by Gasteiger charge is 2.09. The average molecular weight is 361 g/mol. The predicted octanol–water partition coefficient (Wildman–Crippen LogP) is 3.15. The third-order valence-electron chi connectivity index (χ3n) is 4.68. The van der Waals surface area contributed by atoms with Gasteiger partial charge in [-0.05, 0) is 50.4 Å². The molecule has 0 amide bonds. The highest BCUT2D eigenvalue weighted by Crippen LogP contribution is 2.14. The molecule has 146 valence electrons. The molecule has 1 aliphatic rings. The van der Waals surface area contributed by atoms with Crippen LogP contribution in [0.4, 0.5) is 0 Å². The lowest BCUT2D eigenvalue weighted by Crippen LogP contribution is -2.38. The van der Waals surface area contributed by atoms with Crippen LogP contribution in [0.5, 0.6) is 0 Å². The maximum absolute atomic E-state index is 5.09. The van der Waals surface area contributed by atoms with Crippen LogP contribution in [0.3, 0.4) is 0 Å². The van der Waals surface area contributed by atoms with Crippen LogP contribution in [-0.2, 0) is 17.8 Å². The summed E-state index contributed by atoms with van der Waals surface area (Å²) in [5, 5.41) is 6.67. The molecule has 2 N–H and O–H groups in total. The minimum absolute atomic E-state index is 0.702. The molecule has 0 aromatic heterocycles. The van der Waals surface area contributed by atoms with E-state index in [1.165, 1.54) is 49.9 Å². The van der Waals surface area contributed by atoms with Gasteiger partial charge in [0.1, 0.15) is 0 Å². The number of aliphatic imine (C=N–C) groups is 1. The number of guanidine groups is 1. The van der Waals surface area contributed by atoms with Crippen molar-refractivity contribution in [1.29, 1.82) is 0 Å². The first-order valence-electron chi connectivity index (χ1n) is 10.1. The van der Waals surface area contributed by atoms with Gasteiger partial charge in [0.25, 0.3) is 0 Å². The second-order valence-corrected chi connectivity index (χ2v) is 6.98. The molecule has 0 atom stereocenters. The minimum Gasteiger partial charge on any atom is -0.385 e. The molecule has 26 heavy (non-hydrogen) atoms. The summed E-state index contributed by atoms with van der Waals surface area (Å²) < 4.78 is 5.09. The third kappa shape index (κ3) is 8.19. The van der Waals surface area contributed by atoms with E-state index in [0.717, 1.165) is 38.6 Å². The number of nitrogens with one attached hydrogen (secondary N) is 2. The third-order valence-corrected chi connectivity index (χ3v) is 4.68. The maximum Gasteiger partial charge on any atom is 0.191 e. The standard InChI is InChI=1S/C21H36N4O/c1-3-22-21(23-12-9-15-26-2)24-17-19-10-8-11-20(16-19)18-25-13-6-4-5-7-14-25/h8,10-11,16H,3-7,9,12-15,17-18H2,1-2H3,(H2,22,23,24). The Morgan fingerprint density at radius 1 is 1.12 bits per heavy atom. The van der Waals surface area contributed by atoms with Crippen LogP contribution in [0.15, 0.2) is 29.3 Å². The van der Waals surface area contributed by atoms with Gasteiger partial charge in [-0.15, -0.1) is 0 Å². The van der Waals surface area contributed by atoms with Gasteiger partial charge < -0.3 is 15.4 Å². The molecule has 0 bridgehead atoms. The Morgan fingerprint density at radius 2 is 1.88 bits per heavy atom. The first-order valence-corrected chi connectivity index (χ1v) is 10.1. The van der Waals surface area contributed by atoms with Crippen LogP contribution in [0.1, 0.15) is 50.2 Å². The van der Waals surface area contributed by atoms with Crippen LogP contribution < -0.4 is 10.6 Å². The van der Waals surface area contributed by atoms with E-state index in [2.05, 4.69) is 46.7 Å². The Labute approximate surface area is 159 Å². The number of hydrogen-bond donors (Lipinski definition) is 2. The molecule has 0 spiro atoms. The summed E-state index contributed by atoms with van der Waals surface area (Å²) in [5.41, 5.74) is 2.67. The van der Waals surface area contributed by atoms with E-state index in [4.69, 9.17) is 9.73 Å². The second-order valence-electron chi connectivity index (χ2n) is 6.98. The van der Waals surface area contributed by atoms with E-state index in [-0.39, 0.29) is 0 Å². The lowest BCUT2D eigenvalue weighted by Gasteiger charge is -2.20. The van der Waals surface area contributed by atoms with Crippen molar-refractivity contribution in [3.63, 3.8) is 0 Å². The number of ether oxygens (including phenoxy) is 1. The number of hydrogen-bond acceptors (Lipinski definition) is 3. The summed E-state index contributed by atoms with van der Waals surface area (Å²) in [6.07, 6.45) is 6.42. The summed E-state index contributed by atoms with van der Waals surface area (Å²) in [7, 11) is 1.73. The van der Waals surface area contributed by atoms with Gasteiger partial charge in [-0.25, -0.2) is 4.99 Å².